The largest absolute Gasteiger partial charge is 0.325 e. The Bertz CT molecular complexity index is 825. The van der Waals surface area contributed by atoms with Crippen LogP contribution in [-0.4, -0.2) is 20.7 Å². The molecule has 2 N–H and O–H groups in total. The van der Waals surface area contributed by atoms with Gasteiger partial charge in [-0.25, -0.2) is 15.0 Å². The highest BCUT2D eigenvalue weighted by Gasteiger charge is 2.08. The number of aromatic nitrogens is 3. The molecular formula is C16H15N5S. The molecule has 0 aliphatic heterocycles. The van der Waals surface area contributed by atoms with Crippen LogP contribution in [0.1, 0.15) is 17.5 Å². The lowest BCUT2D eigenvalue weighted by Crippen LogP contribution is -1.96. The number of rotatable bonds is 4. The van der Waals surface area contributed by atoms with Gasteiger partial charge >= 0.3 is 0 Å². The third kappa shape index (κ3) is 3.17. The first-order chi connectivity index (χ1) is 10.6. The topological polar surface area (TPSA) is 74.6 Å². The fraction of sp³-hybridized carbons (Fsp3) is 0.125. The van der Waals surface area contributed by atoms with Crippen LogP contribution >= 0.6 is 11.3 Å². The van der Waals surface area contributed by atoms with Crippen molar-refractivity contribution >= 4 is 28.7 Å². The standard InChI is InChI=1S/C16H15N5S/c1-10-6-7-18-15(8-10)21-14-5-3-4-12(20-14)13-9-19-16(22-13)11(2)17/h3-9,17H,1-2H3,(H,18,20,21). The van der Waals surface area contributed by atoms with Crippen LogP contribution in [0.15, 0.2) is 42.7 Å². The molecule has 5 nitrogen and oxygen atoms in total. The first kappa shape index (κ1) is 14.3. The van der Waals surface area contributed by atoms with Crippen LogP contribution in [0.5, 0.6) is 0 Å². The zero-order chi connectivity index (χ0) is 15.5. The second kappa shape index (κ2) is 6.03. The normalized spacial score (nSPS) is 10.5. The number of aryl methyl sites for hydroxylation is 1. The molecule has 110 valence electrons. The van der Waals surface area contributed by atoms with Gasteiger partial charge < -0.3 is 10.7 Å². The van der Waals surface area contributed by atoms with E-state index in [-0.39, 0.29) is 0 Å². The number of nitrogens with one attached hydrogen (secondary N) is 2. The molecular weight excluding hydrogens is 294 g/mol. The van der Waals surface area contributed by atoms with E-state index in [0.717, 1.165) is 32.8 Å². The smallest absolute Gasteiger partial charge is 0.137 e. The predicted octanol–water partition coefficient (Wildman–Crippen LogP) is 4.04. The zero-order valence-electron chi connectivity index (χ0n) is 12.3. The van der Waals surface area contributed by atoms with Gasteiger partial charge in [0.25, 0.3) is 0 Å². The van der Waals surface area contributed by atoms with Crippen LogP contribution in [0.4, 0.5) is 11.6 Å². The Kier molecular flexibility index (Phi) is 3.93. The monoisotopic (exact) mass is 309 g/mol. The first-order valence-electron chi connectivity index (χ1n) is 6.80. The lowest BCUT2D eigenvalue weighted by Gasteiger charge is -2.06. The first-order valence-corrected chi connectivity index (χ1v) is 7.62. The SMILES string of the molecule is CC(=N)c1ncc(-c2cccc(Nc3cc(C)ccn3)n2)s1. The van der Waals surface area contributed by atoms with Crippen molar-refractivity contribution in [1.29, 1.82) is 5.41 Å². The van der Waals surface area contributed by atoms with E-state index in [9.17, 15) is 0 Å². The third-order valence-corrected chi connectivity index (χ3v) is 4.14. The van der Waals surface area contributed by atoms with Crippen molar-refractivity contribution in [2.24, 2.45) is 0 Å². The van der Waals surface area contributed by atoms with E-state index in [2.05, 4.69) is 20.3 Å². The van der Waals surface area contributed by atoms with Crippen LogP contribution in [0.25, 0.3) is 10.6 Å². The quantitative estimate of drug-likeness (QED) is 0.713. The Morgan fingerprint density at radius 1 is 1.18 bits per heavy atom. The van der Waals surface area contributed by atoms with Crippen LogP contribution in [-0.2, 0) is 0 Å². The Morgan fingerprint density at radius 3 is 2.77 bits per heavy atom. The molecule has 0 aromatic carbocycles. The molecule has 0 bridgehead atoms. The predicted molar refractivity (Wildman–Crippen MR) is 90.1 cm³/mol. The van der Waals surface area contributed by atoms with Gasteiger partial charge in [-0.05, 0) is 43.7 Å². The molecule has 0 amide bonds. The Morgan fingerprint density at radius 2 is 2.05 bits per heavy atom. The minimum atomic E-state index is 0.467. The summed E-state index contributed by atoms with van der Waals surface area (Å²) >= 11 is 1.47. The second-order valence-corrected chi connectivity index (χ2v) is 5.94. The fourth-order valence-electron chi connectivity index (χ4n) is 1.94. The molecule has 0 radical (unpaired) electrons. The Labute approximate surface area is 132 Å². The molecule has 0 aliphatic carbocycles. The zero-order valence-corrected chi connectivity index (χ0v) is 13.1. The van der Waals surface area contributed by atoms with Gasteiger partial charge in [0.1, 0.15) is 16.6 Å². The maximum absolute atomic E-state index is 7.63. The molecule has 0 spiro atoms. The molecule has 22 heavy (non-hydrogen) atoms. The Hall–Kier alpha value is -2.60. The van der Waals surface area contributed by atoms with Gasteiger partial charge in [0, 0.05) is 12.4 Å². The molecule has 3 heterocycles. The van der Waals surface area contributed by atoms with Crippen LogP contribution in [0.2, 0.25) is 0 Å². The van der Waals surface area contributed by atoms with Crippen molar-refractivity contribution in [3.8, 4) is 10.6 Å². The summed E-state index contributed by atoms with van der Waals surface area (Å²) in [7, 11) is 0. The van der Waals surface area contributed by atoms with Gasteiger partial charge in [-0.2, -0.15) is 0 Å². The maximum atomic E-state index is 7.63. The van der Waals surface area contributed by atoms with Gasteiger partial charge in [-0.15, -0.1) is 11.3 Å². The summed E-state index contributed by atoms with van der Waals surface area (Å²) in [4.78, 5) is 14.1. The fourth-order valence-corrected chi connectivity index (χ4v) is 2.73. The van der Waals surface area contributed by atoms with E-state index in [0.29, 0.717) is 5.71 Å². The lowest BCUT2D eigenvalue weighted by atomic mass is 10.3. The van der Waals surface area contributed by atoms with Crippen molar-refractivity contribution in [2.75, 3.05) is 5.32 Å². The van der Waals surface area contributed by atoms with E-state index in [1.807, 2.05) is 37.3 Å². The van der Waals surface area contributed by atoms with Crippen LogP contribution < -0.4 is 5.32 Å². The summed E-state index contributed by atoms with van der Waals surface area (Å²) < 4.78 is 0. The molecule has 3 rings (SSSR count). The van der Waals surface area contributed by atoms with E-state index >= 15 is 0 Å². The summed E-state index contributed by atoms with van der Waals surface area (Å²) in [6.07, 6.45) is 3.53. The van der Waals surface area contributed by atoms with Crippen molar-refractivity contribution in [3.05, 3.63) is 53.3 Å². The molecule has 0 saturated heterocycles. The van der Waals surface area contributed by atoms with Crippen molar-refractivity contribution in [2.45, 2.75) is 13.8 Å². The molecule has 0 fully saturated rings. The van der Waals surface area contributed by atoms with Crippen molar-refractivity contribution in [3.63, 3.8) is 0 Å². The van der Waals surface area contributed by atoms with Crippen molar-refractivity contribution < 1.29 is 0 Å². The highest BCUT2D eigenvalue weighted by atomic mass is 32.1. The van der Waals surface area contributed by atoms with E-state index in [1.54, 1.807) is 19.3 Å². The summed E-state index contributed by atoms with van der Waals surface area (Å²) in [6, 6.07) is 9.70. The molecule has 3 aromatic rings. The van der Waals surface area contributed by atoms with Gasteiger partial charge in [0.2, 0.25) is 0 Å². The minimum absolute atomic E-state index is 0.467. The van der Waals surface area contributed by atoms with Gasteiger partial charge in [-0.3, -0.25) is 0 Å². The minimum Gasteiger partial charge on any atom is -0.325 e. The number of pyridine rings is 2. The number of nitrogens with zero attached hydrogens (tertiary/aromatic N) is 3. The summed E-state index contributed by atoms with van der Waals surface area (Å²) in [5.74, 6) is 1.50. The van der Waals surface area contributed by atoms with Crippen LogP contribution in [0.3, 0.4) is 0 Å². The third-order valence-electron chi connectivity index (χ3n) is 3.00. The van der Waals surface area contributed by atoms with Crippen molar-refractivity contribution in [1.82, 2.24) is 15.0 Å². The van der Waals surface area contributed by atoms with E-state index < -0.39 is 0 Å². The molecule has 0 saturated carbocycles. The molecule has 0 aliphatic rings. The highest BCUT2D eigenvalue weighted by Crippen LogP contribution is 2.26. The maximum Gasteiger partial charge on any atom is 0.137 e. The van der Waals surface area contributed by atoms with Gasteiger partial charge in [0.05, 0.1) is 16.3 Å². The summed E-state index contributed by atoms with van der Waals surface area (Å²) in [6.45, 7) is 3.76. The average Bonchev–Trinajstić information content (AvgIpc) is 2.97. The number of hydrogen-bond donors (Lipinski definition) is 2. The number of thiazole rings is 1. The van der Waals surface area contributed by atoms with Crippen LogP contribution in [0, 0.1) is 12.3 Å². The highest BCUT2D eigenvalue weighted by molar-refractivity contribution is 7.17. The summed E-state index contributed by atoms with van der Waals surface area (Å²) in [5.41, 5.74) is 2.44. The summed E-state index contributed by atoms with van der Waals surface area (Å²) in [5, 5.41) is 11.6. The lowest BCUT2D eigenvalue weighted by molar-refractivity contribution is 1.24. The van der Waals surface area contributed by atoms with Gasteiger partial charge in [-0.1, -0.05) is 6.07 Å². The van der Waals surface area contributed by atoms with Gasteiger partial charge in [0.15, 0.2) is 0 Å². The second-order valence-electron chi connectivity index (χ2n) is 4.91. The number of anilines is 2. The number of hydrogen-bond acceptors (Lipinski definition) is 6. The Balaban J connectivity index is 1.87. The average molecular weight is 309 g/mol. The molecule has 0 unspecified atom stereocenters. The molecule has 3 aromatic heterocycles. The molecule has 0 atom stereocenters. The van der Waals surface area contributed by atoms with E-state index in [1.165, 1.54) is 11.3 Å². The van der Waals surface area contributed by atoms with E-state index in [4.69, 9.17) is 5.41 Å². The molecule has 6 heteroatoms.